The highest BCUT2D eigenvalue weighted by atomic mass is 16.5. The minimum atomic E-state index is 0.161. The minimum Gasteiger partial charge on any atom is -0.339 e. The molecule has 0 amide bonds. The highest BCUT2D eigenvalue weighted by Crippen LogP contribution is 2.25. The largest absolute Gasteiger partial charge is 0.339 e. The van der Waals surface area contributed by atoms with E-state index in [1.807, 2.05) is 18.2 Å². The SMILES string of the molecule is CCC(c1ccccc1)c1nc(CN)no1. The zero-order valence-electron chi connectivity index (χ0n) is 9.26. The molecule has 4 heteroatoms. The Bertz CT molecular complexity index is 439. The van der Waals surface area contributed by atoms with Gasteiger partial charge < -0.3 is 10.3 Å². The van der Waals surface area contributed by atoms with Crippen molar-refractivity contribution in [2.45, 2.75) is 25.8 Å². The molecule has 1 unspecified atom stereocenters. The molecule has 0 fully saturated rings. The number of benzene rings is 1. The van der Waals surface area contributed by atoms with E-state index in [0.717, 1.165) is 6.42 Å². The molecular formula is C12H15N3O. The first-order chi connectivity index (χ1) is 7.85. The molecule has 0 aliphatic heterocycles. The number of hydrogen-bond acceptors (Lipinski definition) is 4. The van der Waals surface area contributed by atoms with Crippen molar-refractivity contribution < 1.29 is 4.52 Å². The molecule has 0 aliphatic carbocycles. The number of aromatic nitrogens is 2. The second-order valence-corrected chi connectivity index (χ2v) is 3.62. The molecular weight excluding hydrogens is 202 g/mol. The Morgan fingerprint density at radius 3 is 2.62 bits per heavy atom. The zero-order valence-corrected chi connectivity index (χ0v) is 9.26. The maximum atomic E-state index is 5.46. The summed E-state index contributed by atoms with van der Waals surface area (Å²) in [4.78, 5) is 4.27. The molecule has 16 heavy (non-hydrogen) atoms. The second-order valence-electron chi connectivity index (χ2n) is 3.62. The van der Waals surface area contributed by atoms with Gasteiger partial charge in [0.2, 0.25) is 5.89 Å². The third kappa shape index (κ3) is 2.12. The lowest BCUT2D eigenvalue weighted by atomic mass is 9.96. The summed E-state index contributed by atoms with van der Waals surface area (Å²) in [5.41, 5.74) is 6.65. The average Bonchev–Trinajstić information content (AvgIpc) is 2.80. The van der Waals surface area contributed by atoms with Crippen molar-refractivity contribution in [1.29, 1.82) is 0 Å². The van der Waals surface area contributed by atoms with Gasteiger partial charge in [-0.3, -0.25) is 0 Å². The van der Waals surface area contributed by atoms with Crippen LogP contribution in [0.25, 0.3) is 0 Å². The van der Waals surface area contributed by atoms with Crippen LogP contribution in [0.15, 0.2) is 34.9 Å². The van der Waals surface area contributed by atoms with Crippen LogP contribution in [0.2, 0.25) is 0 Å². The fraction of sp³-hybridized carbons (Fsp3) is 0.333. The first-order valence-electron chi connectivity index (χ1n) is 5.42. The van der Waals surface area contributed by atoms with Gasteiger partial charge in [0.25, 0.3) is 0 Å². The van der Waals surface area contributed by atoms with E-state index in [0.29, 0.717) is 18.3 Å². The van der Waals surface area contributed by atoms with E-state index >= 15 is 0 Å². The zero-order chi connectivity index (χ0) is 11.4. The van der Waals surface area contributed by atoms with Crippen LogP contribution in [0.1, 0.15) is 36.5 Å². The standard InChI is InChI=1S/C12H15N3O/c1-2-10(9-6-4-3-5-7-9)12-14-11(8-13)15-16-12/h3-7,10H,2,8,13H2,1H3. The van der Waals surface area contributed by atoms with E-state index in [2.05, 4.69) is 29.2 Å². The maximum Gasteiger partial charge on any atom is 0.234 e. The maximum absolute atomic E-state index is 5.46. The Morgan fingerprint density at radius 1 is 1.31 bits per heavy atom. The minimum absolute atomic E-state index is 0.161. The Balaban J connectivity index is 2.29. The van der Waals surface area contributed by atoms with Gasteiger partial charge in [-0.15, -0.1) is 0 Å². The van der Waals surface area contributed by atoms with Gasteiger partial charge in [0.1, 0.15) is 0 Å². The van der Waals surface area contributed by atoms with Gasteiger partial charge in [-0.05, 0) is 12.0 Å². The van der Waals surface area contributed by atoms with Crippen LogP contribution < -0.4 is 5.73 Å². The predicted molar refractivity (Wildman–Crippen MR) is 60.8 cm³/mol. The van der Waals surface area contributed by atoms with Crippen molar-refractivity contribution in [3.05, 3.63) is 47.6 Å². The van der Waals surface area contributed by atoms with Crippen LogP contribution in [0, 0.1) is 0 Å². The van der Waals surface area contributed by atoms with Crippen LogP contribution in [0.5, 0.6) is 0 Å². The number of nitrogens with zero attached hydrogens (tertiary/aromatic N) is 2. The Labute approximate surface area is 94.5 Å². The fourth-order valence-electron chi connectivity index (χ4n) is 1.73. The summed E-state index contributed by atoms with van der Waals surface area (Å²) in [6, 6.07) is 10.2. The van der Waals surface area contributed by atoms with Crippen molar-refractivity contribution in [2.24, 2.45) is 5.73 Å². The van der Waals surface area contributed by atoms with Crippen LogP contribution in [-0.4, -0.2) is 10.1 Å². The summed E-state index contributed by atoms with van der Waals surface area (Å²) in [6.07, 6.45) is 0.927. The summed E-state index contributed by atoms with van der Waals surface area (Å²) in [7, 11) is 0. The normalized spacial score (nSPS) is 12.6. The molecule has 1 aromatic carbocycles. The highest BCUT2D eigenvalue weighted by molar-refractivity contribution is 5.24. The second kappa shape index (κ2) is 4.90. The molecule has 1 atom stereocenters. The lowest BCUT2D eigenvalue weighted by molar-refractivity contribution is 0.358. The molecule has 0 spiro atoms. The van der Waals surface area contributed by atoms with E-state index in [4.69, 9.17) is 10.3 Å². The van der Waals surface area contributed by atoms with Gasteiger partial charge in [0.15, 0.2) is 5.82 Å². The van der Waals surface area contributed by atoms with Gasteiger partial charge in [-0.25, -0.2) is 0 Å². The van der Waals surface area contributed by atoms with E-state index in [1.54, 1.807) is 0 Å². The van der Waals surface area contributed by atoms with Crippen molar-refractivity contribution in [3.8, 4) is 0 Å². The molecule has 2 aromatic rings. The van der Waals surface area contributed by atoms with E-state index in [1.165, 1.54) is 5.56 Å². The Kier molecular flexibility index (Phi) is 3.31. The van der Waals surface area contributed by atoms with Gasteiger partial charge in [-0.1, -0.05) is 42.4 Å². The van der Waals surface area contributed by atoms with Gasteiger partial charge in [0.05, 0.1) is 12.5 Å². The molecule has 1 heterocycles. The molecule has 0 bridgehead atoms. The summed E-state index contributed by atoms with van der Waals surface area (Å²) in [5, 5.41) is 3.82. The molecule has 0 saturated carbocycles. The monoisotopic (exact) mass is 217 g/mol. The molecule has 0 aliphatic rings. The van der Waals surface area contributed by atoms with Crippen molar-refractivity contribution in [3.63, 3.8) is 0 Å². The molecule has 0 saturated heterocycles. The highest BCUT2D eigenvalue weighted by Gasteiger charge is 2.18. The van der Waals surface area contributed by atoms with Crippen molar-refractivity contribution >= 4 is 0 Å². The van der Waals surface area contributed by atoms with Gasteiger partial charge >= 0.3 is 0 Å². The predicted octanol–water partition coefficient (Wildman–Crippen LogP) is 2.07. The number of rotatable bonds is 4. The lowest BCUT2D eigenvalue weighted by Crippen LogP contribution is -2.02. The van der Waals surface area contributed by atoms with E-state index in [-0.39, 0.29) is 5.92 Å². The molecule has 2 N–H and O–H groups in total. The topological polar surface area (TPSA) is 64.9 Å². The summed E-state index contributed by atoms with van der Waals surface area (Å²) in [5.74, 6) is 1.37. The lowest BCUT2D eigenvalue weighted by Gasteiger charge is -2.09. The summed E-state index contributed by atoms with van der Waals surface area (Å²) < 4.78 is 5.22. The summed E-state index contributed by atoms with van der Waals surface area (Å²) in [6.45, 7) is 2.42. The van der Waals surface area contributed by atoms with Crippen LogP contribution >= 0.6 is 0 Å². The quantitative estimate of drug-likeness (QED) is 0.851. The first-order valence-corrected chi connectivity index (χ1v) is 5.42. The molecule has 0 radical (unpaired) electrons. The Hall–Kier alpha value is -1.68. The Morgan fingerprint density at radius 2 is 2.06 bits per heavy atom. The molecule has 2 rings (SSSR count). The first kappa shape index (κ1) is 10.8. The smallest absolute Gasteiger partial charge is 0.234 e. The van der Waals surface area contributed by atoms with Crippen molar-refractivity contribution in [2.75, 3.05) is 0 Å². The van der Waals surface area contributed by atoms with Crippen LogP contribution in [0.3, 0.4) is 0 Å². The van der Waals surface area contributed by atoms with E-state index < -0.39 is 0 Å². The third-order valence-corrected chi connectivity index (χ3v) is 2.57. The molecule has 84 valence electrons. The number of nitrogens with two attached hydrogens (primary N) is 1. The van der Waals surface area contributed by atoms with Gasteiger partial charge in [-0.2, -0.15) is 4.98 Å². The molecule has 4 nitrogen and oxygen atoms in total. The third-order valence-electron chi connectivity index (χ3n) is 2.57. The van der Waals surface area contributed by atoms with E-state index in [9.17, 15) is 0 Å². The number of hydrogen-bond donors (Lipinski definition) is 1. The van der Waals surface area contributed by atoms with Crippen LogP contribution in [0.4, 0.5) is 0 Å². The van der Waals surface area contributed by atoms with Gasteiger partial charge in [0, 0.05) is 0 Å². The fourth-order valence-corrected chi connectivity index (χ4v) is 1.73. The summed E-state index contributed by atoms with van der Waals surface area (Å²) >= 11 is 0. The molecule has 1 aromatic heterocycles. The van der Waals surface area contributed by atoms with Crippen LogP contribution in [-0.2, 0) is 6.54 Å². The van der Waals surface area contributed by atoms with Crippen molar-refractivity contribution in [1.82, 2.24) is 10.1 Å². The average molecular weight is 217 g/mol.